The second kappa shape index (κ2) is 9.73. The van der Waals surface area contributed by atoms with Gasteiger partial charge in [0.1, 0.15) is 11.4 Å². The number of sulfonamides is 1. The molecule has 3 fully saturated rings. The predicted molar refractivity (Wildman–Crippen MR) is 127 cm³/mol. The minimum Gasteiger partial charge on any atom is -0.362 e. The van der Waals surface area contributed by atoms with Crippen LogP contribution >= 0.6 is 0 Å². The minimum atomic E-state index is -3.93. The van der Waals surface area contributed by atoms with E-state index in [9.17, 15) is 22.8 Å². The van der Waals surface area contributed by atoms with E-state index in [0.29, 0.717) is 30.8 Å². The maximum absolute atomic E-state index is 12.9. The number of hydrogen-bond acceptors (Lipinski definition) is 5. The molecule has 0 bridgehead atoms. The molecule has 34 heavy (non-hydrogen) atoms. The highest BCUT2D eigenvalue weighted by Crippen LogP contribution is 2.35. The number of nitrogens with one attached hydrogen (secondary N) is 2. The van der Waals surface area contributed by atoms with Crippen LogP contribution in [0, 0.1) is 0 Å². The molecular weight excluding hydrogens is 458 g/mol. The first kappa shape index (κ1) is 24.2. The van der Waals surface area contributed by atoms with Gasteiger partial charge in [-0.2, -0.15) is 8.42 Å². The number of anilines is 1. The number of hydrogen-bond donors (Lipinski definition) is 2. The number of benzene rings is 1. The second-order valence-electron chi connectivity index (χ2n) is 9.22. The summed E-state index contributed by atoms with van der Waals surface area (Å²) in [5, 5.41) is 5.45. The number of carbonyl (C=O) groups excluding carboxylic acids is 3. The fraction of sp³-hybridized carbons (Fsp3) is 0.565. The van der Waals surface area contributed by atoms with Gasteiger partial charge in [0.15, 0.2) is 0 Å². The van der Waals surface area contributed by atoms with Crippen LogP contribution in [0.2, 0.25) is 0 Å². The Bertz CT molecular complexity index is 1110. The maximum Gasteiger partial charge on any atom is 0.325 e. The molecule has 10 nitrogen and oxygen atoms in total. The molecule has 2 saturated heterocycles. The van der Waals surface area contributed by atoms with Crippen LogP contribution in [-0.4, -0.2) is 67.6 Å². The zero-order valence-electron chi connectivity index (χ0n) is 19.4. The Morgan fingerprint density at radius 3 is 2.68 bits per heavy atom. The Morgan fingerprint density at radius 2 is 1.91 bits per heavy atom. The van der Waals surface area contributed by atoms with Crippen molar-refractivity contribution in [1.29, 1.82) is 0 Å². The van der Waals surface area contributed by atoms with Gasteiger partial charge in [-0.1, -0.05) is 25.3 Å². The summed E-state index contributed by atoms with van der Waals surface area (Å²) in [4.78, 5) is 40.4. The summed E-state index contributed by atoms with van der Waals surface area (Å²) in [6.07, 6.45) is 6.49. The Labute approximate surface area is 199 Å². The van der Waals surface area contributed by atoms with Crippen molar-refractivity contribution in [3.8, 4) is 0 Å². The largest absolute Gasteiger partial charge is 0.362 e. The number of amidine groups is 1. The van der Waals surface area contributed by atoms with E-state index >= 15 is 0 Å². The number of likely N-dealkylation sites (tertiary alicyclic amines) is 1. The molecular formula is C23H31N5O5S. The van der Waals surface area contributed by atoms with Gasteiger partial charge in [0.05, 0.1) is 4.90 Å². The van der Waals surface area contributed by atoms with Crippen LogP contribution in [-0.2, 0) is 19.6 Å². The van der Waals surface area contributed by atoms with Crippen molar-refractivity contribution in [3.63, 3.8) is 0 Å². The summed E-state index contributed by atoms with van der Waals surface area (Å²) in [7, 11) is -2.09. The van der Waals surface area contributed by atoms with E-state index in [4.69, 9.17) is 0 Å². The lowest BCUT2D eigenvalue weighted by atomic mass is 9.98. The molecule has 0 unspecified atom stereocenters. The summed E-state index contributed by atoms with van der Waals surface area (Å²) < 4.78 is 29.8. The molecule has 1 saturated carbocycles. The number of rotatable bonds is 6. The van der Waals surface area contributed by atoms with Crippen molar-refractivity contribution in [2.75, 3.05) is 25.5 Å². The summed E-state index contributed by atoms with van der Waals surface area (Å²) in [6.45, 7) is 0.735. The van der Waals surface area contributed by atoms with Crippen molar-refractivity contribution in [1.82, 2.24) is 15.1 Å². The molecule has 1 aliphatic carbocycles. The summed E-state index contributed by atoms with van der Waals surface area (Å²) >= 11 is 0. The summed E-state index contributed by atoms with van der Waals surface area (Å²) in [5.41, 5.74) is -0.492. The fourth-order valence-electron chi connectivity index (χ4n) is 4.80. The lowest BCUT2D eigenvalue weighted by molar-refractivity contribution is -0.131. The van der Waals surface area contributed by atoms with Crippen molar-refractivity contribution in [2.45, 2.75) is 68.2 Å². The maximum atomic E-state index is 12.9. The Kier molecular flexibility index (Phi) is 6.92. The average Bonchev–Trinajstić information content (AvgIpc) is 3.28. The number of amides is 4. The molecule has 184 valence electrons. The molecule has 3 aliphatic rings. The van der Waals surface area contributed by atoms with Crippen LogP contribution < -0.4 is 10.6 Å². The van der Waals surface area contributed by atoms with Crippen LogP contribution in [0.1, 0.15) is 57.8 Å². The monoisotopic (exact) mass is 489 g/mol. The first-order valence-electron chi connectivity index (χ1n) is 11.8. The topological polar surface area (TPSA) is 128 Å². The van der Waals surface area contributed by atoms with Gasteiger partial charge in [-0.3, -0.25) is 14.5 Å². The number of imide groups is 1. The molecule has 11 heteroatoms. The van der Waals surface area contributed by atoms with Gasteiger partial charge in [0, 0.05) is 38.7 Å². The third-order valence-corrected chi connectivity index (χ3v) is 8.04. The number of nitrogens with zero attached hydrogens (tertiary/aromatic N) is 3. The molecule has 2 heterocycles. The van der Waals surface area contributed by atoms with E-state index in [1.165, 1.54) is 12.1 Å². The third-order valence-electron chi connectivity index (χ3n) is 6.74. The highest BCUT2D eigenvalue weighted by atomic mass is 32.2. The molecule has 4 amide bonds. The standard InChI is InChI=1S/C23H31N5O5S/c1-27-14-6-2-3-10-19(27)26-34(32,33)18-9-7-8-17(16-18)24-20(29)11-15-28-21(30)23(25-22(28)31)12-4-5-13-23/h7-9,16H,2-6,10-15H2,1H3,(H,24,29)(H,25,31)/b26-19-. The summed E-state index contributed by atoms with van der Waals surface area (Å²) in [6, 6.07) is 5.48. The van der Waals surface area contributed by atoms with E-state index in [2.05, 4.69) is 15.0 Å². The molecule has 4 rings (SSSR count). The highest BCUT2D eigenvalue weighted by Gasteiger charge is 2.52. The molecule has 1 aromatic rings. The predicted octanol–water partition coefficient (Wildman–Crippen LogP) is 2.47. The average molecular weight is 490 g/mol. The van der Waals surface area contributed by atoms with E-state index in [1.807, 2.05) is 11.9 Å². The van der Waals surface area contributed by atoms with Gasteiger partial charge < -0.3 is 15.5 Å². The molecule has 0 atom stereocenters. The molecule has 0 radical (unpaired) electrons. The first-order valence-corrected chi connectivity index (χ1v) is 13.2. The lowest BCUT2D eigenvalue weighted by Gasteiger charge is -2.19. The summed E-state index contributed by atoms with van der Waals surface area (Å²) in [5.74, 6) is -0.142. The van der Waals surface area contributed by atoms with Crippen molar-refractivity contribution in [2.24, 2.45) is 4.40 Å². The Hall–Kier alpha value is -2.95. The Morgan fingerprint density at radius 1 is 1.15 bits per heavy atom. The Balaban J connectivity index is 1.39. The van der Waals surface area contributed by atoms with Crippen molar-refractivity contribution in [3.05, 3.63) is 24.3 Å². The fourth-order valence-corrected chi connectivity index (χ4v) is 5.94. The minimum absolute atomic E-state index is 0.00674. The number of carbonyl (C=O) groups is 3. The quantitative estimate of drug-likeness (QED) is 0.591. The zero-order chi connectivity index (χ0) is 24.3. The van der Waals surface area contributed by atoms with Gasteiger partial charge in [-0.25, -0.2) is 4.79 Å². The smallest absolute Gasteiger partial charge is 0.325 e. The van der Waals surface area contributed by atoms with E-state index in [-0.39, 0.29) is 23.8 Å². The van der Waals surface area contributed by atoms with Gasteiger partial charge >= 0.3 is 6.03 Å². The van der Waals surface area contributed by atoms with Crippen molar-refractivity contribution < 1.29 is 22.8 Å². The van der Waals surface area contributed by atoms with Crippen LogP contribution in [0.5, 0.6) is 0 Å². The zero-order valence-corrected chi connectivity index (χ0v) is 20.2. The third kappa shape index (κ3) is 5.08. The molecule has 1 spiro atoms. The molecule has 2 aliphatic heterocycles. The first-order chi connectivity index (χ1) is 16.2. The highest BCUT2D eigenvalue weighted by molar-refractivity contribution is 7.90. The molecule has 0 aromatic heterocycles. The number of urea groups is 1. The van der Waals surface area contributed by atoms with Crippen LogP contribution in [0.3, 0.4) is 0 Å². The molecule has 2 N–H and O–H groups in total. The van der Waals surface area contributed by atoms with Gasteiger partial charge in [0.25, 0.3) is 15.9 Å². The van der Waals surface area contributed by atoms with Gasteiger partial charge in [-0.05, 0) is 43.9 Å². The molecule has 1 aromatic carbocycles. The van der Waals surface area contributed by atoms with E-state index in [0.717, 1.165) is 43.5 Å². The van der Waals surface area contributed by atoms with Gasteiger partial charge in [0.2, 0.25) is 5.91 Å². The van der Waals surface area contributed by atoms with Gasteiger partial charge in [-0.15, -0.1) is 4.40 Å². The normalized spacial score (nSPS) is 21.7. The lowest BCUT2D eigenvalue weighted by Crippen LogP contribution is -2.44. The van der Waals surface area contributed by atoms with Crippen molar-refractivity contribution >= 4 is 39.4 Å². The van der Waals surface area contributed by atoms with E-state index in [1.54, 1.807) is 12.1 Å². The van der Waals surface area contributed by atoms with Crippen LogP contribution in [0.25, 0.3) is 0 Å². The SMILES string of the molecule is CN1CCCCC/C1=N/S(=O)(=O)c1cccc(NC(=O)CCN2C(=O)NC3(CCCC3)C2=O)c1. The van der Waals surface area contributed by atoms with Crippen LogP contribution in [0.4, 0.5) is 10.5 Å². The van der Waals surface area contributed by atoms with E-state index < -0.39 is 27.5 Å². The second-order valence-corrected chi connectivity index (χ2v) is 10.8. The van der Waals surface area contributed by atoms with Crippen LogP contribution in [0.15, 0.2) is 33.6 Å².